The molecule has 2 heterocycles. The lowest BCUT2D eigenvalue weighted by Gasteiger charge is -2.34. The number of carbonyl (C=O) groups is 1. The van der Waals surface area contributed by atoms with Crippen molar-refractivity contribution >= 4 is 43.1 Å². The number of sulfone groups is 1. The molecule has 0 aliphatic carbocycles. The second-order valence-electron chi connectivity index (χ2n) is 4.54. The summed E-state index contributed by atoms with van der Waals surface area (Å²) < 4.78 is 24.3. The highest BCUT2D eigenvalue weighted by Crippen LogP contribution is 2.25. The van der Waals surface area contributed by atoms with Crippen LogP contribution in [0.3, 0.4) is 0 Å². The van der Waals surface area contributed by atoms with E-state index in [-0.39, 0.29) is 17.9 Å². The summed E-state index contributed by atoms with van der Waals surface area (Å²) in [6, 6.07) is 3.47. The minimum Gasteiger partial charge on any atom is -0.481 e. The van der Waals surface area contributed by atoms with E-state index in [1.165, 1.54) is 0 Å². The highest BCUT2D eigenvalue weighted by atomic mass is 79.9. The van der Waals surface area contributed by atoms with Crippen molar-refractivity contribution in [2.75, 3.05) is 18.1 Å². The topological polar surface area (TPSA) is 74.7 Å². The molecule has 0 saturated carbocycles. The van der Waals surface area contributed by atoms with Gasteiger partial charge in [-0.2, -0.15) is 0 Å². The van der Waals surface area contributed by atoms with Crippen LogP contribution >= 0.6 is 27.3 Å². The van der Waals surface area contributed by atoms with E-state index in [2.05, 4.69) is 15.9 Å². The molecule has 2 rings (SSSR count). The molecule has 8 heteroatoms. The Hall–Kier alpha value is -0.440. The number of aliphatic carboxylic acids is 1. The van der Waals surface area contributed by atoms with Gasteiger partial charge in [0, 0.05) is 24.0 Å². The van der Waals surface area contributed by atoms with Gasteiger partial charge in [-0.1, -0.05) is 0 Å². The van der Waals surface area contributed by atoms with E-state index in [9.17, 15) is 13.2 Å². The van der Waals surface area contributed by atoms with Crippen LogP contribution in [0.1, 0.15) is 11.3 Å². The van der Waals surface area contributed by atoms with Gasteiger partial charge in [0.05, 0.1) is 21.7 Å². The standard InChI is InChI=1S/C11H14BrNO4S2/c12-10-2-1-9(18-10)6-13-3-4-19(16,17)7-8(13)5-11(14)15/h1-2,8H,3-7H2,(H,14,15). The monoisotopic (exact) mass is 367 g/mol. The van der Waals surface area contributed by atoms with Gasteiger partial charge in [0.15, 0.2) is 9.84 Å². The summed E-state index contributed by atoms with van der Waals surface area (Å²) in [4.78, 5) is 13.9. The van der Waals surface area contributed by atoms with Crippen molar-refractivity contribution in [1.29, 1.82) is 0 Å². The Kier molecular flexibility index (Phi) is 4.65. The number of nitrogens with zero attached hydrogens (tertiary/aromatic N) is 1. The van der Waals surface area contributed by atoms with Crippen molar-refractivity contribution in [1.82, 2.24) is 4.90 Å². The van der Waals surface area contributed by atoms with Crippen LogP contribution in [0.4, 0.5) is 0 Å². The zero-order valence-electron chi connectivity index (χ0n) is 10.1. The molecule has 106 valence electrons. The first-order valence-electron chi connectivity index (χ1n) is 5.76. The third-order valence-corrected chi connectivity index (χ3v) is 6.36. The minimum atomic E-state index is -3.11. The molecule has 19 heavy (non-hydrogen) atoms. The summed E-state index contributed by atoms with van der Waals surface area (Å²) >= 11 is 4.96. The molecule has 1 unspecified atom stereocenters. The maximum atomic E-state index is 11.6. The first-order chi connectivity index (χ1) is 8.85. The average molecular weight is 368 g/mol. The molecule has 1 aliphatic rings. The van der Waals surface area contributed by atoms with Gasteiger partial charge in [0.25, 0.3) is 0 Å². The Labute approximate surface area is 124 Å². The summed E-state index contributed by atoms with van der Waals surface area (Å²) in [5.41, 5.74) is 0. The zero-order valence-corrected chi connectivity index (χ0v) is 13.3. The van der Waals surface area contributed by atoms with E-state index in [0.717, 1.165) is 8.66 Å². The fourth-order valence-corrected chi connectivity index (χ4v) is 5.26. The van der Waals surface area contributed by atoms with Crippen LogP contribution in [0.5, 0.6) is 0 Å². The molecular formula is C11H14BrNO4S2. The van der Waals surface area contributed by atoms with E-state index >= 15 is 0 Å². The van der Waals surface area contributed by atoms with Crippen molar-refractivity contribution in [3.63, 3.8) is 0 Å². The number of hydrogen-bond donors (Lipinski definition) is 1. The lowest BCUT2D eigenvalue weighted by Crippen LogP contribution is -2.48. The molecule has 5 nitrogen and oxygen atoms in total. The molecule has 0 aromatic carbocycles. The van der Waals surface area contributed by atoms with E-state index in [1.807, 2.05) is 17.0 Å². The van der Waals surface area contributed by atoms with E-state index in [0.29, 0.717) is 13.1 Å². The lowest BCUT2D eigenvalue weighted by molar-refractivity contribution is -0.138. The lowest BCUT2D eigenvalue weighted by atomic mass is 10.2. The third kappa shape index (κ3) is 4.27. The van der Waals surface area contributed by atoms with Gasteiger partial charge in [-0.05, 0) is 28.1 Å². The van der Waals surface area contributed by atoms with Crippen LogP contribution in [0.2, 0.25) is 0 Å². The molecule has 1 atom stereocenters. The largest absolute Gasteiger partial charge is 0.481 e. The first-order valence-corrected chi connectivity index (χ1v) is 9.19. The number of halogens is 1. The summed E-state index contributed by atoms with van der Waals surface area (Å²) in [5, 5.41) is 8.90. The fraction of sp³-hybridized carbons (Fsp3) is 0.545. The van der Waals surface area contributed by atoms with Gasteiger partial charge >= 0.3 is 5.97 Å². The molecule has 0 radical (unpaired) electrons. The average Bonchev–Trinajstić information content (AvgIpc) is 2.67. The van der Waals surface area contributed by atoms with Gasteiger partial charge < -0.3 is 5.11 Å². The normalized spacial score (nSPS) is 23.3. The predicted octanol–water partition coefficient (Wildman–Crippen LogP) is 1.58. The van der Waals surface area contributed by atoms with Crippen LogP contribution in [-0.2, 0) is 21.2 Å². The van der Waals surface area contributed by atoms with Gasteiger partial charge in [-0.15, -0.1) is 11.3 Å². The predicted molar refractivity (Wildman–Crippen MR) is 77.1 cm³/mol. The Morgan fingerprint density at radius 2 is 2.26 bits per heavy atom. The third-order valence-electron chi connectivity index (χ3n) is 3.05. The van der Waals surface area contributed by atoms with Crippen LogP contribution in [0.25, 0.3) is 0 Å². The number of hydrogen-bond acceptors (Lipinski definition) is 5. The van der Waals surface area contributed by atoms with Gasteiger partial charge in [0.1, 0.15) is 0 Å². The molecule has 1 aromatic rings. The molecule has 0 amide bonds. The highest BCUT2D eigenvalue weighted by Gasteiger charge is 2.32. The number of thiophene rings is 1. The maximum absolute atomic E-state index is 11.6. The van der Waals surface area contributed by atoms with Crippen molar-refractivity contribution in [3.05, 3.63) is 20.8 Å². The summed E-state index contributed by atoms with van der Waals surface area (Å²) in [6.45, 7) is 1.000. The van der Waals surface area contributed by atoms with Crippen molar-refractivity contribution in [2.45, 2.75) is 19.0 Å². The molecule has 1 aromatic heterocycles. The summed E-state index contributed by atoms with van der Waals surface area (Å²) in [6.07, 6.45) is -0.133. The number of carboxylic acid groups (broad SMARTS) is 1. The van der Waals surface area contributed by atoms with E-state index in [1.54, 1.807) is 11.3 Å². The zero-order chi connectivity index (χ0) is 14.0. The Morgan fingerprint density at radius 3 is 2.84 bits per heavy atom. The Morgan fingerprint density at radius 1 is 1.53 bits per heavy atom. The molecule has 1 fully saturated rings. The molecule has 1 aliphatic heterocycles. The summed E-state index contributed by atoms with van der Waals surface area (Å²) in [7, 11) is -3.11. The maximum Gasteiger partial charge on any atom is 0.304 e. The van der Waals surface area contributed by atoms with Crippen molar-refractivity contribution < 1.29 is 18.3 Å². The Balaban J connectivity index is 2.10. The molecule has 0 bridgehead atoms. The SMILES string of the molecule is O=C(O)CC1CS(=O)(=O)CCN1Cc1ccc(Br)s1. The van der Waals surface area contributed by atoms with Crippen molar-refractivity contribution in [2.24, 2.45) is 0 Å². The van der Waals surface area contributed by atoms with Gasteiger partial charge in [0.2, 0.25) is 0 Å². The highest BCUT2D eigenvalue weighted by molar-refractivity contribution is 9.11. The molecule has 0 spiro atoms. The van der Waals surface area contributed by atoms with Gasteiger partial charge in [-0.25, -0.2) is 8.42 Å². The summed E-state index contributed by atoms with van der Waals surface area (Å²) in [5.74, 6) is -0.916. The van der Waals surface area contributed by atoms with Crippen LogP contribution in [0.15, 0.2) is 15.9 Å². The quantitative estimate of drug-likeness (QED) is 0.874. The number of carboxylic acids is 1. The van der Waals surface area contributed by atoms with Crippen LogP contribution in [0, 0.1) is 0 Å². The van der Waals surface area contributed by atoms with E-state index in [4.69, 9.17) is 5.11 Å². The van der Waals surface area contributed by atoms with E-state index < -0.39 is 21.8 Å². The van der Waals surface area contributed by atoms with Crippen molar-refractivity contribution in [3.8, 4) is 0 Å². The minimum absolute atomic E-state index is 0.0636. The second kappa shape index (κ2) is 5.90. The molecular weight excluding hydrogens is 354 g/mol. The van der Waals surface area contributed by atoms with Crippen LogP contribution < -0.4 is 0 Å². The van der Waals surface area contributed by atoms with Crippen LogP contribution in [-0.4, -0.2) is 48.5 Å². The second-order valence-corrected chi connectivity index (χ2v) is 9.32. The molecule has 1 saturated heterocycles. The first kappa shape index (κ1) is 15.0. The number of rotatable bonds is 4. The Bertz CT molecular complexity index is 569. The fourth-order valence-electron chi connectivity index (χ4n) is 2.16. The smallest absolute Gasteiger partial charge is 0.304 e. The molecule has 1 N–H and O–H groups in total. The van der Waals surface area contributed by atoms with Gasteiger partial charge in [-0.3, -0.25) is 9.69 Å².